The molecule has 0 aliphatic carbocycles. The monoisotopic (exact) mass is 218 g/mol. The average molecular weight is 218 g/mol. The number of nitrogens with two attached hydrogens (primary N) is 1. The van der Waals surface area contributed by atoms with Crippen molar-refractivity contribution in [2.75, 3.05) is 19.6 Å². The predicted molar refractivity (Wildman–Crippen MR) is 64.2 cm³/mol. The predicted octanol–water partition coefficient (Wildman–Crippen LogP) is 1.42. The first kappa shape index (κ1) is 11.1. The van der Waals surface area contributed by atoms with Crippen LogP contribution in [0.25, 0.3) is 0 Å². The first-order chi connectivity index (χ1) is 7.70. The molecule has 0 spiro atoms. The average Bonchev–Trinajstić information content (AvgIpc) is 2.77. The van der Waals surface area contributed by atoms with Gasteiger partial charge in [0.25, 0.3) is 5.91 Å². The van der Waals surface area contributed by atoms with Crippen molar-refractivity contribution in [2.45, 2.75) is 13.3 Å². The zero-order valence-corrected chi connectivity index (χ0v) is 9.65. The van der Waals surface area contributed by atoms with Crippen molar-refractivity contribution in [3.8, 4) is 0 Å². The molecule has 0 aromatic heterocycles. The van der Waals surface area contributed by atoms with Gasteiger partial charge in [0.2, 0.25) is 0 Å². The molecular weight excluding hydrogens is 200 g/mol. The molecular formula is C13H18N2O. The van der Waals surface area contributed by atoms with Crippen molar-refractivity contribution in [1.82, 2.24) is 4.90 Å². The number of nitrogens with zero attached hydrogens (tertiary/aromatic N) is 1. The Kier molecular flexibility index (Phi) is 3.25. The van der Waals surface area contributed by atoms with E-state index in [2.05, 4.69) is 0 Å². The lowest BCUT2D eigenvalue weighted by Gasteiger charge is -2.16. The smallest absolute Gasteiger partial charge is 0.253 e. The number of benzene rings is 1. The molecule has 16 heavy (non-hydrogen) atoms. The van der Waals surface area contributed by atoms with Gasteiger partial charge in [-0.2, -0.15) is 0 Å². The minimum absolute atomic E-state index is 0.135. The summed E-state index contributed by atoms with van der Waals surface area (Å²) in [6.45, 7) is 4.35. The van der Waals surface area contributed by atoms with Crippen molar-refractivity contribution < 1.29 is 4.79 Å². The molecule has 1 aromatic rings. The Balaban J connectivity index is 2.05. The fourth-order valence-electron chi connectivity index (χ4n) is 2.09. The maximum Gasteiger partial charge on any atom is 0.253 e. The van der Waals surface area contributed by atoms with E-state index >= 15 is 0 Å². The van der Waals surface area contributed by atoms with Crippen molar-refractivity contribution in [3.63, 3.8) is 0 Å². The van der Waals surface area contributed by atoms with Crippen molar-refractivity contribution in [1.29, 1.82) is 0 Å². The van der Waals surface area contributed by atoms with Gasteiger partial charge in [0.1, 0.15) is 0 Å². The number of carbonyl (C=O) groups excluding carboxylic acids is 1. The Labute approximate surface area is 96.2 Å². The highest BCUT2D eigenvalue weighted by molar-refractivity contribution is 5.94. The Morgan fingerprint density at radius 3 is 2.69 bits per heavy atom. The van der Waals surface area contributed by atoms with Crippen LogP contribution in [0.15, 0.2) is 24.3 Å². The van der Waals surface area contributed by atoms with E-state index in [0.717, 1.165) is 25.1 Å². The number of aryl methyl sites for hydroxylation is 1. The minimum Gasteiger partial charge on any atom is -0.338 e. The molecule has 2 rings (SSSR count). The molecule has 3 nitrogen and oxygen atoms in total. The van der Waals surface area contributed by atoms with Crippen molar-refractivity contribution in [2.24, 2.45) is 11.7 Å². The van der Waals surface area contributed by atoms with Crippen LogP contribution in [0.3, 0.4) is 0 Å². The Bertz CT molecular complexity index is 372. The third kappa shape index (κ3) is 2.25. The lowest BCUT2D eigenvalue weighted by atomic mass is 10.1. The second-order valence-corrected chi connectivity index (χ2v) is 4.51. The van der Waals surface area contributed by atoms with Crippen molar-refractivity contribution >= 4 is 5.91 Å². The van der Waals surface area contributed by atoms with Gasteiger partial charge in [-0.1, -0.05) is 17.7 Å². The summed E-state index contributed by atoms with van der Waals surface area (Å²) in [7, 11) is 0. The molecule has 1 heterocycles. The van der Waals surface area contributed by atoms with Gasteiger partial charge in [-0.15, -0.1) is 0 Å². The van der Waals surface area contributed by atoms with Crippen LogP contribution in [-0.4, -0.2) is 30.4 Å². The van der Waals surface area contributed by atoms with E-state index in [4.69, 9.17) is 5.73 Å². The standard InChI is InChI=1S/C13H18N2O/c1-10-2-4-12(5-3-10)13(16)15-7-6-11(8-14)9-15/h2-5,11H,6-9,14H2,1H3. The van der Waals surface area contributed by atoms with Crippen molar-refractivity contribution in [3.05, 3.63) is 35.4 Å². The summed E-state index contributed by atoms with van der Waals surface area (Å²) >= 11 is 0. The number of carbonyl (C=O) groups is 1. The Hall–Kier alpha value is -1.35. The van der Waals surface area contributed by atoms with Gasteiger partial charge >= 0.3 is 0 Å². The van der Waals surface area contributed by atoms with Crippen LogP contribution in [0.4, 0.5) is 0 Å². The lowest BCUT2D eigenvalue weighted by molar-refractivity contribution is 0.0787. The molecule has 3 heteroatoms. The van der Waals surface area contributed by atoms with Gasteiger partial charge in [0.05, 0.1) is 0 Å². The summed E-state index contributed by atoms with van der Waals surface area (Å²) in [5.41, 5.74) is 7.58. The first-order valence-electron chi connectivity index (χ1n) is 5.76. The topological polar surface area (TPSA) is 46.3 Å². The number of likely N-dealkylation sites (tertiary alicyclic amines) is 1. The molecule has 86 valence electrons. The third-order valence-electron chi connectivity index (χ3n) is 3.20. The molecule has 1 unspecified atom stereocenters. The number of amides is 1. The normalized spacial score (nSPS) is 20.1. The fraction of sp³-hybridized carbons (Fsp3) is 0.462. The highest BCUT2D eigenvalue weighted by Gasteiger charge is 2.25. The summed E-state index contributed by atoms with van der Waals surface area (Å²) in [6.07, 6.45) is 1.04. The fourth-order valence-corrected chi connectivity index (χ4v) is 2.09. The number of hydrogen-bond acceptors (Lipinski definition) is 2. The lowest BCUT2D eigenvalue weighted by Crippen LogP contribution is -2.29. The number of hydrogen-bond donors (Lipinski definition) is 1. The maximum atomic E-state index is 12.1. The highest BCUT2D eigenvalue weighted by atomic mass is 16.2. The van der Waals surface area contributed by atoms with Crippen LogP contribution >= 0.6 is 0 Å². The zero-order chi connectivity index (χ0) is 11.5. The first-order valence-corrected chi connectivity index (χ1v) is 5.76. The van der Waals surface area contributed by atoms with Crippen LogP contribution in [0.1, 0.15) is 22.3 Å². The maximum absolute atomic E-state index is 12.1. The zero-order valence-electron chi connectivity index (χ0n) is 9.65. The van der Waals surface area contributed by atoms with Gasteiger partial charge in [0, 0.05) is 18.7 Å². The summed E-state index contributed by atoms with van der Waals surface area (Å²) in [4.78, 5) is 14.0. The molecule has 1 aromatic carbocycles. The molecule has 1 atom stereocenters. The SMILES string of the molecule is Cc1ccc(C(=O)N2CCC(CN)C2)cc1. The van der Waals surface area contributed by atoms with E-state index in [-0.39, 0.29) is 5.91 Å². The quantitative estimate of drug-likeness (QED) is 0.816. The van der Waals surface area contributed by atoms with E-state index in [1.165, 1.54) is 5.56 Å². The van der Waals surface area contributed by atoms with Gasteiger partial charge in [-0.25, -0.2) is 0 Å². The number of rotatable bonds is 2. The van der Waals surface area contributed by atoms with Crippen LogP contribution in [0, 0.1) is 12.8 Å². The van der Waals surface area contributed by atoms with Crippen LogP contribution in [-0.2, 0) is 0 Å². The Morgan fingerprint density at radius 2 is 2.12 bits per heavy atom. The molecule has 1 aliphatic heterocycles. The van der Waals surface area contributed by atoms with Crippen LogP contribution < -0.4 is 5.73 Å². The van der Waals surface area contributed by atoms with E-state index in [0.29, 0.717) is 12.5 Å². The van der Waals surface area contributed by atoms with Gasteiger partial charge in [-0.3, -0.25) is 4.79 Å². The van der Waals surface area contributed by atoms with Crippen LogP contribution in [0.2, 0.25) is 0 Å². The highest BCUT2D eigenvalue weighted by Crippen LogP contribution is 2.17. The van der Waals surface area contributed by atoms with E-state index in [9.17, 15) is 4.79 Å². The molecule has 0 radical (unpaired) electrons. The second-order valence-electron chi connectivity index (χ2n) is 4.51. The Morgan fingerprint density at radius 1 is 1.44 bits per heavy atom. The summed E-state index contributed by atoms with van der Waals surface area (Å²) in [5.74, 6) is 0.616. The largest absolute Gasteiger partial charge is 0.338 e. The summed E-state index contributed by atoms with van der Waals surface area (Å²) in [5, 5.41) is 0. The molecule has 1 aliphatic rings. The molecule has 1 amide bonds. The van der Waals surface area contributed by atoms with Gasteiger partial charge < -0.3 is 10.6 Å². The second kappa shape index (κ2) is 4.66. The third-order valence-corrected chi connectivity index (χ3v) is 3.20. The molecule has 0 saturated carbocycles. The summed E-state index contributed by atoms with van der Waals surface area (Å²) in [6, 6.07) is 7.74. The van der Waals surface area contributed by atoms with Gasteiger partial charge in [-0.05, 0) is 37.9 Å². The van der Waals surface area contributed by atoms with Gasteiger partial charge in [0.15, 0.2) is 0 Å². The van der Waals surface area contributed by atoms with E-state index in [1.54, 1.807) is 0 Å². The summed E-state index contributed by atoms with van der Waals surface area (Å²) < 4.78 is 0. The van der Waals surface area contributed by atoms with E-state index < -0.39 is 0 Å². The molecule has 1 saturated heterocycles. The molecule has 2 N–H and O–H groups in total. The van der Waals surface area contributed by atoms with Crippen LogP contribution in [0.5, 0.6) is 0 Å². The molecule has 0 bridgehead atoms. The minimum atomic E-state index is 0.135. The molecule has 1 fully saturated rings. The van der Waals surface area contributed by atoms with E-state index in [1.807, 2.05) is 36.1 Å².